The summed E-state index contributed by atoms with van der Waals surface area (Å²) in [5.41, 5.74) is 2.48. The van der Waals surface area contributed by atoms with Crippen LogP contribution in [0.1, 0.15) is 138 Å². The van der Waals surface area contributed by atoms with Crippen molar-refractivity contribution in [3.8, 4) is 0 Å². The molecule has 4 atom stereocenters. The molecule has 0 amide bonds. The molecule has 1 saturated heterocycles. The molecule has 7 heteroatoms. The highest BCUT2D eigenvalue weighted by Gasteiger charge is 2.45. The van der Waals surface area contributed by atoms with E-state index in [0.717, 1.165) is 70.9 Å². The maximum Gasteiger partial charge on any atom is 0.311 e. The molecule has 0 aromatic heterocycles. The van der Waals surface area contributed by atoms with Crippen molar-refractivity contribution in [1.82, 2.24) is 4.90 Å². The number of hydrogen-bond acceptors (Lipinski definition) is 7. The second-order valence-corrected chi connectivity index (χ2v) is 17.4. The number of fused-ring (bicyclic) bond motifs is 1. The molecule has 5 aliphatic rings. The molecule has 0 aromatic carbocycles. The Morgan fingerprint density at radius 2 is 1.52 bits per heavy atom. The number of piperidine rings is 1. The number of nitrogens with zero attached hydrogens (tertiary/aromatic N) is 1. The predicted octanol–water partition coefficient (Wildman–Crippen LogP) is 8.44. The summed E-state index contributed by atoms with van der Waals surface area (Å²) in [5.74, 6) is 1.96. The molecule has 3 aliphatic carbocycles. The zero-order valence-corrected chi connectivity index (χ0v) is 30.5. The second-order valence-electron chi connectivity index (χ2n) is 17.4. The zero-order chi connectivity index (χ0) is 32.9. The molecule has 0 spiro atoms. The minimum absolute atomic E-state index is 0.0443. The summed E-state index contributed by atoms with van der Waals surface area (Å²) in [6.07, 6.45) is 17.0. The minimum Gasteiger partial charge on any atom is -0.462 e. The van der Waals surface area contributed by atoms with E-state index in [1.807, 2.05) is 41.5 Å². The zero-order valence-electron chi connectivity index (χ0n) is 30.5. The Morgan fingerprint density at radius 1 is 0.848 bits per heavy atom. The number of likely N-dealkylation sites (tertiary alicyclic amines) is 1. The monoisotopic (exact) mass is 645 g/mol. The molecule has 5 rings (SSSR count). The molecular formula is C39H67NO6. The van der Waals surface area contributed by atoms with Crippen LogP contribution in [-0.2, 0) is 28.8 Å². The predicted molar refractivity (Wildman–Crippen MR) is 182 cm³/mol. The van der Waals surface area contributed by atoms with E-state index in [2.05, 4.69) is 11.8 Å². The highest BCUT2D eigenvalue weighted by atomic mass is 17.2. The number of rotatable bonds is 10. The van der Waals surface area contributed by atoms with Crippen molar-refractivity contribution in [3.63, 3.8) is 0 Å². The van der Waals surface area contributed by atoms with Crippen molar-refractivity contribution >= 4 is 5.97 Å². The lowest BCUT2D eigenvalue weighted by Crippen LogP contribution is -2.47. The van der Waals surface area contributed by atoms with E-state index in [-0.39, 0.29) is 29.9 Å². The molecule has 3 unspecified atom stereocenters. The quantitative estimate of drug-likeness (QED) is 0.102. The number of carbonyl (C=O) groups is 1. The van der Waals surface area contributed by atoms with E-state index in [1.165, 1.54) is 45.2 Å². The van der Waals surface area contributed by atoms with Crippen LogP contribution >= 0.6 is 0 Å². The first-order valence-corrected chi connectivity index (χ1v) is 19.1. The Labute approximate surface area is 280 Å². The van der Waals surface area contributed by atoms with Crippen LogP contribution in [0.4, 0.5) is 0 Å². The molecule has 0 N–H and O–H groups in total. The fourth-order valence-corrected chi connectivity index (χ4v) is 8.84. The maximum absolute atomic E-state index is 12.6. The number of ether oxygens (including phenoxy) is 3. The average Bonchev–Trinajstić information content (AvgIpc) is 3.01. The molecule has 2 heterocycles. The summed E-state index contributed by atoms with van der Waals surface area (Å²) < 4.78 is 19.7. The van der Waals surface area contributed by atoms with Crippen molar-refractivity contribution in [2.45, 2.75) is 168 Å². The van der Waals surface area contributed by atoms with Gasteiger partial charge >= 0.3 is 5.97 Å². The molecule has 2 aliphatic heterocycles. The molecule has 7 nitrogen and oxygen atoms in total. The van der Waals surface area contributed by atoms with Crippen LogP contribution in [0.15, 0.2) is 11.1 Å². The van der Waals surface area contributed by atoms with Gasteiger partial charge in [-0.25, -0.2) is 9.78 Å². The molecule has 4 fully saturated rings. The summed E-state index contributed by atoms with van der Waals surface area (Å²) in [6.45, 7) is 19.4. The minimum atomic E-state index is -0.452. The Hall–Kier alpha value is -0.990. The standard InChI is InChI=1S/C39H67NO6/c1-27-33-20-11-28(26-43-46-39(5,6)7)25-34(33)45-36(35(27)29-12-18-32(19-13-29)44-37(41)38(2,3)4)30-14-16-31(17-15-30)42-24-23-40-21-9-8-10-22-40/h28-34,36H,8-26H2,1-7H3/t28?,29?,30?,31?,32?,33?,34?,36-/m0/s1. The first-order valence-electron chi connectivity index (χ1n) is 19.1. The van der Waals surface area contributed by atoms with E-state index >= 15 is 0 Å². The molecular weight excluding hydrogens is 578 g/mol. The lowest BCUT2D eigenvalue weighted by Gasteiger charge is -2.49. The smallest absolute Gasteiger partial charge is 0.311 e. The van der Waals surface area contributed by atoms with Gasteiger partial charge in [0.05, 0.1) is 42.5 Å². The third kappa shape index (κ3) is 10.0. The molecule has 3 saturated carbocycles. The Bertz CT molecular complexity index is 991. The summed E-state index contributed by atoms with van der Waals surface area (Å²) >= 11 is 0. The van der Waals surface area contributed by atoms with E-state index in [1.54, 1.807) is 11.1 Å². The largest absolute Gasteiger partial charge is 0.462 e. The summed E-state index contributed by atoms with van der Waals surface area (Å²) in [7, 11) is 0. The summed E-state index contributed by atoms with van der Waals surface area (Å²) in [5, 5.41) is 0. The highest BCUT2D eigenvalue weighted by molar-refractivity contribution is 5.75. The van der Waals surface area contributed by atoms with Gasteiger partial charge in [-0.1, -0.05) is 12.0 Å². The number of esters is 1. The molecule has 46 heavy (non-hydrogen) atoms. The summed E-state index contributed by atoms with van der Waals surface area (Å²) in [6, 6.07) is 0. The van der Waals surface area contributed by atoms with Crippen molar-refractivity contribution < 1.29 is 28.8 Å². The van der Waals surface area contributed by atoms with Crippen LogP contribution in [0.2, 0.25) is 0 Å². The maximum atomic E-state index is 12.6. The van der Waals surface area contributed by atoms with Crippen molar-refractivity contribution in [2.24, 2.45) is 29.1 Å². The van der Waals surface area contributed by atoms with Gasteiger partial charge in [0, 0.05) is 12.5 Å². The number of carbonyl (C=O) groups excluding carboxylic acids is 1. The second kappa shape index (κ2) is 16.1. The van der Waals surface area contributed by atoms with E-state index in [9.17, 15) is 4.79 Å². The van der Waals surface area contributed by atoms with Gasteiger partial charge in [0.2, 0.25) is 0 Å². The first-order chi connectivity index (χ1) is 21.9. The van der Waals surface area contributed by atoms with Gasteiger partial charge in [-0.3, -0.25) is 4.79 Å². The average molecular weight is 646 g/mol. The molecule has 264 valence electrons. The molecule has 0 radical (unpaired) electrons. The Kier molecular flexibility index (Phi) is 12.7. The Morgan fingerprint density at radius 3 is 2.17 bits per heavy atom. The van der Waals surface area contributed by atoms with Gasteiger partial charge in [0.15, 0.2) is 0 Å². The van der Waals surface area contributed by atoms with Crippen LogP contribution in [0, 0.1) is 29.1 Å². The fraction of sp³-hybridized carbons (Fsp3) is 0.923. The van der Waals surface area contributed by atoms with Crippen molar-refractivity contribution in [1.29, 1.82) is 0 Å². The van der Waals surface area contributed by atoms with Crippen molar-refractivity contribution in [2.75, 3.05) is 32.8 Å². The fourth-order valence-electron chi connectivity index (χ4n) is 8.84. The van der Waals surface area contributed by atoms with E-state index < -0.39 is 5.41 Å². The topological polar surface area (TPSA) is 66.5 Å². The third-order valence-corrected chi connectivity index (χ3v) is 11.5. The van der Waals surface area contributed by atoms with Crippen LogP contribution in [-0.4, -0.2) is 73.7 Å². The third-order valence-electron chi connectivity index (χ3n) is 11.5. The van der Waals surface area contributed by atoms with Crippen LogP contribution in [0.3, 0.4) is 0 Å². The normalized spacial score (nSPS) is 35.1. The molecule has 0 aromatic rings. The lowest BCUT2D eigenvalue weighted by atomic mass is 9.66. The van der Waals surface area contributed by atoms with E-state index in [4.69, 9.17) is 24.0 Å². The van der Waals surface area contributed by atoms with Gasteiger partial charge in [0.1, 0.15) is 6.10 Å². The lowest BCUT2D eigenvalue weighted by molar-refractivity contribution is -0.355. The van der Waals surface area contributed by atoms with Crippen molar-refractivity contribution in [3.05, 3.63) is 11.1 Å². The van der Waals surface area contributed by atoms with Gasteiger partial charge in [-0.15, -0.1) is 0 Å². The molecule has 0 bridgehead atoms. The van der Waals surface area contributed by atoms with E-state index in [0.29, 0.717) is 36.4 Å². The van der Waals surface area contributed by atoms with Gasteiger partial charge < -0.3 is 19.1 Å². The van der Waals surface area contributed by atoms with Gasteiger partial charge in [-0.05, 0) is 168 Å². The van der Waals surface area contributed by atoms with Crippen LogP contribution in [0.5, 0.6) is 0 Å². The first kappa shape index (κ1) is 36.3. The highest BCUT2D eigenvalue weighted by Crippen LogP contribution is 2.49. The van der Waals surface area contributed by atoms with Crippen LogP contribution in [0.25, 0.3) is 0 Å². The number of hydrogen-bond donors (Lipinski definition) is 0. The van der Waals surface area contributed by atoms with Gasteiger partial charge in [-0.2, -0.15) is 0 Å². The Balaban J connectivity index is 1.22. The van der Waals surface area contributed by atoms with Crippen LogP contribution < -0.4 is 0 Å². The SMILES string of the molecule is CC1=C(C2CCC(OC(=O)C(C)(C)C)CC2)[C@H](C2CCC(OCCN3CCCCC3)CC2)OC2CC(COOC(C)(C)C)CCC12. The summed E-state index contributed by atoms with van der Waals surface area (Å²) in [4.78, 5) is 26.6. The van der Waals surface area contributed by atoms with Gasteiger partial charge in [0.25, 0.3) is 0 Å².